The molecule has 1 aliphatic heterocycles. The van der Waals surface area contributed by atoms with Crippen molar-refractivity contribution in [2.75, 3.05) is 5.06 Å². The molecular formula is C17H14F2N4O4. The molecule has 8 nitrogen and oxygen atoms in total. The number of aromatic nitrogens is 1. The number of pyridine rings is 1. The maximum atomic E-state index is 13.7. The fourth-order valence-corrected chi connectivity index (χ4v) is 2.76. The molecule has 0 saturated heterocycles. The third kappa shape index (κ3) is 3.27. The summed E-state index contributed by atoms with van der Waals surface area (Å²) in [5, 5.41) is 30.0. The zero-order valence-corrected chi connectivity index (χ0v) is 13.7. The molecule has 3 rings (SSSR count). The summed E-state index contributed by atoms with van der Waals surface area (Å²) in [5.41, 5.74) is -0.290. The lowest BCUT2D eigenvalue weighted by molar-refractivity contribution is -0.134. The number of fused-ring (bicyclic) bond motifs is 1. The quantitative estimate of drug-likeness (QED) is 0.466. The van der Waals surface area contributed by atoms with Crippen LogP contribution in [0.15, 0.2) is 30.5 Å². The Morgan fingerprint density at radius 2 is 2.04 bits per heavy atom. The van der Waals surface area contributed by atoms with Crippen molar-refractivity contribution in [1.82, 2.24) is 10.3 Å². The monoisotopic (exact) mass is 376 g/mol. The van der Waals surface area contributed by atoms with Gasteiger partial charge in [-0.2, -0.15) is 5.06 Å². The summed E-state index contributed by atoms with van der Waals surface area (Å²) < 4.78 is 26.6. The molecule has 0 aliphatic carbocycles. The number of nitrogens with one attached hydrogen (secondary N) is 2. The average Bonchev–Trinajstić information content (AvgIpc) is 2.65. The molecule has 0 fully saturated rings. The van der Waals surface area contributed by atoms with E-state index in [0.717, 1.165) is 12.1 Å². The lowest BCUT2D eigenvalue weighted by Gasteiger charge is -2.29. The largest absolute Gasteiger partial charge is 0.392 e. The Balaban J connectivity index is 1.86. The van der Waals surface area contributed by atoms with Crippen molar-refractivity contribution in [2.24, 2.45) is 5.92 Å². The van der Waals surface area contributed by atoms with Gasteiger partial charge in [0.25, 0.3) is 5.91 Å². The number of amides is 2. The van der Waals surface area contributed by atoms with E-state index in [1.54, 1.807) is 0 Å². The van der Waals surface area contributed by atoms with Crippen molar-refractivity contribution in [1.29, 1.82) is 5.41 Å². The number of carbonyl (C=O) groups is 2. The molecule has 1 atom stereocenters. The highest BCUT2D eigenvalue weighted by molar-refractivity contribution is 6.31. The summed E-state index contributed by atoms with van der Waals surface area (Å²) in [4.78, 5) is 28.5. The number of hydrogen-bond acceptors (Lipinski definition) is 6. The number of hydroxylamine groups is 1. The van der Waals surface area contributed by atoms with E-state index in [1.165, 1.54) is 12.3 Å². The Bertz CT molecular complexity index is 951. The molecule has 10 heteroatoms. The average molecular weight is 376 g/mol. The SMILES string of the molecule is N=C1c2c(CO)ccnc2N(O)C(=O)C1C(=O)NCc1ccc(F)cc1F. The van der Waals surface area contributed by atoms with Crippen LogP contribution in [0, 0.1) is 23.0 Å². The predicted molar refractivity (Wildman–Crippen MR) is 88.0 cm³/mol. The van der Waals surface area contributed by atoms with Gasteiger partial charge in [0.1, 0.15) is 11.6 Å². The second-order valence-electron chi connectivity index (χ2n) is 5.78. The standard InChI is InChI=1S/C17H14F2N4O4/c18-10-2-1-8(11(19)5-10)6-22-16(25)13-14(20)12-9(7-24)3-4-21-15(12)23(27)17(13)26/h1-5,13,20,24,27H,6-7H2,(H,22,25). The van der Waals surface area contributed by atoms with Crippen LogP contribution in [0.3, 0.4) is 0 Å². The minimum Gasteiger partial charge on any atom is -0.392 e. The van der Waals surface area contributed by atoms with Crippen LogP contribution in [0.2, 0.25) is 0 Å². The molecule has 1 aromatic heterocycles. The number of aliphatic hydroxyl groups is 1. The second-order valence-corrected chi connectivity index (χ2v) is 5.78. The van der Waals surface area contributed by atoms with Crippen LogP contribution < -0.4 is 10.4 Å². The number of carbonyl (C=O) groups excluding carboxylic acids is 2. The van der Waals surface area contributed by atoms with Crippen molar-refractivity contribution in [3.8, 4) is 0 Å². The highest BCUT2D eigenvalue weighted by Crippen LogP contribution is 2.30. The summed E-state index contributed by atoms with van der Waals surface area (Å²) in [6.07, 6.45) is 1.24. The van der Waals surface area contributed by atoms with Gasteiger partial charge in [-0.15, -0.1) is 0 Å². The first kappa shape index (κ1) is 18.5. The van der Waals surface area contributed by atoms with Gasteiger partial charge in [0, 0.05) is 29.9 Å². The maximum absolute atomic E-state index is 13.7. The summed E-state index contributed by atoms with van der Waals surface area (Å²) >= 11 is 0. The smallest absolute Gasteiger partial charge is 0.270 e. The normalized spacial score (nSPS) is 16.3. The highest BCUT2D eigenvalue weighted by Gasteiger charge is 2.43. The van der Waals surface area contributed by atoms with Gasteiger partial charge < -0.3 is 15.8 Å². The zero-order valence-electron chi connectivity index (χ0n) is 13.7. The fourth-order valence-electron chi connectivity index (χ4n) is 2.76. The van der Waals surface area contributed by atoms with Crippen molar-refractivity contribution in [3.05, 3.63) is 58.8 Å². The fraction of sp³-hybridized carbons (Fsp3) is 0.176. The number of aliphatic hydroxyl groups excluding tert-OH is 1. The van der Waals surface area contributed by atoms with E-state index in [1.807, 2.05) is 0 Å². The Morgan fingerprint density at radius 3 is 2.70 bits per heavy atom. The first-order valence-electron chi connectivity index (χ1n) is 7.77. The molecule has 27 heavy (non-hydrogen) atoms. The van der Waals surface area contributed by atoms with Gasteiger partial charge >= 0.3 is 0 Å². The van der Waals surface area contributed by atoms with Crippen molar-refractivity contribution >= 4 is 23.3 Å². The van der Waals surface area contributed by atoms with Gasteiger partial charge in [-0.25, -0.2) is 13.8 Å². The van der Waals surface area contributed by atoms with E-state index >= 15 is 0 Å². The third-order valence-electron chi connectivity index (χ3n) is 4.13. The Hall–Kier alpha value is -3.24. The van der Waals surface area contributed by atoms with Gasteiger partial charge in [0.05, 0.1) is 12.3 Å². The highest BCUT2D eigenvalue weighted by atomic mass is 19.1. The number of hydrogen-bond donors (Lipinski definition) is 4. The molecule has 0 spiro atoms. The lowest BCUT2D eigenvalue weighted by Crippen LogP contribution is -2.50. The number of rotatable bonds is 4. The van der Waals surface area contributed by atoms with E-state index < -0.39 is 41.7 Å². The van der Waals surface area contributed by atoms with Crippen LogP contribution in [0.5, 0.6) is 0 Å². The molecule has 0 radical (unpaired) electrons. The van der Waals surface area contributed by atoms with E-state index in [4.69, 9.17) is 5.41 Å². The molecule has 1 aromatic carbocycles. The molecule has 4 N–H and O–H groups in total. The first-order valence-corrected chi connectivity index (χ1v) is 7.77. The first-order chi connectivity index (χ1) is 12.8. The number of anilines is 1. The Labute approximate surface area is 151 Å². The van der Waals surface area contributed by atoms with E-state index in [9.17, 15) is 28.7 Å². The molecule has 1 aliphatic rings. The Kier molecular flexibility index (Phi) is 4.93. The van der Waals surface area contributed by atoms with Crippen molar-refractivity contribution in [2.45, 2.75) is 13.2 Å². The summed E-state index contributed by atoms with van der Waals surface area (Å²) in [6, 6.07) is 4.20. The van der Waals surface area contributed by atoms with Crippen LogP contribution in [0.25, 0.3) is 0 Å². The van der Waals surface area contributed by atoms with Crippen LogP contribution >= 0.6 is 0 Å². The maximum Gasteiger partial charge on any atom is 0.270 e. The van der Waals surface area contributed by atoms with Gasteiger partial charge in [-0.1, -0.05) is 6.07 Å². The number of halogens is 2. The van der Waals surface area contributed by atoms with Gasteiger partial charge in [0.15, 0.2) is 11.7 Å². The molecule has 140 valence electrons. The van der Waals surface area contributed by atoms with Gasteiger partial charge in [-0.3, -0.25) is 14.8 Å². The van der Waals surface area contributed by atoms with Crippen molar-refractivity contribution < 1.29 is 28.7 Å². The molecule has 2 aromatic rings. The number of nitrogens with zero attached hydrogens (tertiary/aromatic N) is 2. The zero-order chi connectivity index (χ0) is 19.7. The Morgan fingerprint density at radius 1 is 1.30 bits per heavy atom. The van der Waals surface area contributed by atoms with Gasteiger partial charge in [-0.05, 0) is 17.7 Å². The van der Waals surface area contributed by atoms with Crippen LogP contribution in [-0.4, -0.2) is 32.8 Å². The summed E-state index contributed by atoms with van der Waals surface area (Å²) in [7, 11) is 0. The molecule has 2 amide bonds. The predicted octanol–water partition coefficient (Wildman–Crippen LogP) is 0.888. The second kappa shape index (κ2) is 7.17. The van der Waals surface area contributed by atoms with Crippen LogP contribution in [0.1, 0.15) is 16.7 Å². The minimum absolute atomic E-state index is 0.0153. The van der Waals surface area contributed by atoms with E-state index in [-0.39, 0.29) is 34.1 Å². The topological polar surface area (TPSA) is 127 Å². The molecule has 2 heterocycles. The van der Waals surface area contributed by atoms with Crippen LogP contribution in [-0.2, 0) is 22.7 Å². The molecule has 0 saturated carbocycles. The molecule has 0 bridgehead atoms. The van der Waals surface area contributed by atoms with Crippen molar-refractivity contribution in [3.63, 3.8) is 0 Å². The van der Waals surface area contributed by atoms with E-state index in [2.05, 4.69) is 10.3 Å². The van der Waals surface area contributed by atoms with Gasteiger partial charge in [0.2, 0.25) is 5.91 Å². The number of benzene rings is 1. The van der Waals surface area contributed by atoms with E-state index in [0.29, 0.717) is 6.07 Å². The summed E-state index contributed by atoms with van der Waals surface area (Å²) in [6.45, 7) is -0.843. The molecular weight excluding hydrogens is 362 g/mol. The third-order valence-corrected chi connectivity index (χ3v) is 4.13. The minimum atomic E-state index is -1.71. The van der Waals surface area contributed by atoms with Crippen LogP contribution in [0.4, 0.5) is 14.6 Å². The summed E-state index contributed by atoms with van der Waals surface area (Å²) in [5.74, 6) is -5.67. The lowest BCUT2D eigenvalue weighted by atomic mass is 9.89. The molecule has 1 unspecified atom stereocenters.